The van der Waals surface area contributed by atoms with Crippen molar-refractivity contribution in [2.45, 2.75) is 25.3 Å². The predicted octanol–water partition coefficient (Wildman–Crippen LogP) is 2.70. The first-order valence-electron chi connectivity index (χ1n) is 7.81. The van der Waals surface area contributed by atoms with Crippen molar-refractivity contribution < 1.29 is 4.79 Å². The molecule has 22 heavy (non-hydrogen) atoms. The van der Waals surface area contributed by atoms with Crippen LogP contribution in [0, 0.1) is 0 Å². The van der Waals surface area contributed by atoms with Gasteiger partial charge in [-0.05, 0) is 54.7 Å². The molecule has 0 radical (unpaired) electrons. The van der Waals surface area contributed by atoms with Crippen molar-refractivity contribution >= 4 is 5.91 Å². The van der Waals surface area contributed by atoms with Crippen molar-refractivity contribution in [1.82, 2.24) is 9.88 Å². The molecule has 0 aliphatic carbocycles. The van der Waals surface area contributed by atoms with E-state index in [0.717, 1.165) is 42.5 Å². The summed E-state index contributed by atoms with van der Waals surface area (Å²) in [5, 5.41) is 0. The summed E-state index contributed by atoms with van der Waals surface area (Å²) in [5.74, 6) is 0.0939. The lowest BCUT2D eigenvalue weighted by molar-refractivity contribution is 0.0623. The number of rotatable bonds is 3. The first-order valence-corrected chi connectivity index (χ1v) is 7.81. The summed E-state index contributed by atoms with van der Waals surface area (Å²) in [6.07, 6.45) is 6.78. The highest BCUT2D eigenvalue weighted by Crippen LogP contribution is 2.22. The normalized spacial score (nSPS) is 18.2. The number of amides is 1. The Kier molecular flexibility index (Phi) is 4.49. The Morgan fingerprint density at radius 2 is 1.77 bits per heavy atom. The van der Waals surface area contributed by atoms with Gasteiger partial charge >= 0.3 is 0 Å². The molecule has 1 aromatic carbocycles. The SMILES string of the molecule is NCC1CCCCN1C(=O)c1ccc(-c2ccncc2)cc1. The third-order valence-corrected chi connectivity index (χ3v) is 4.31. The molecule has 1 aliphatic heterocycles. The molecule has 4 heteroatoms. The minimum absolute atomic E-state index is 0.0939. The van der Waals surface area contributed by atoms with E-state index in [1.807, 2.05) is 41.3 Å². The van der Waals surface area contributed by atoms with Gasteiger partial charge in [-0.1, -0.05) is 12.1 Å². The number of likely N-dealkylation sites (tertiary alicyclic amines) is 1. The van der Waals surface area contributed by atoms with E-state index >= 15 is 0 Å². The Morgan fingerprint density at radius 1 is 1.09 bits per heavy atom. The average Bonchev–Trinajstić information content (AvgIpc) is 2.62. The molecule has 1 atom stereocenters. The molecular weight excluding hydrogens is 274 g/mol. The van der Waals surface area contributed by atoms with E-state index in [4.69, 9.17) is 5.73 Å². The number of nitrogens with two attached hydrogens (primary N) is 1. The molecule has 1 aliphatic rings. The van der Waals surface area contributed by atoms with E-state index in [2.05, 4.69) is 4.98 Å². The molecule has 1 amide bonds. The van der Waals surface area contributed by atoms with E-state index in [1.165, 1.54) is 0 Å². The van der Waals surface area contributed by atoms with Gasteiger partial charge in [0.05, 0.1) is 0 Å². The van der Waals surface area contributed by atoms with Crippen LogP contribution in [-0.4, -0.2) is 34.9 Å². The smallest absolute Gasteiger partial charge is 0.254 e. The second kappa shape index (κ2) is 6.71. The lowest BCUT2D eigenvalue weighted by atomic mass is 10.00. The summed E-state index contributed by atoms with van der Waals surface area (Å²) in [5.41, 5.74) is 8.74. The Balaban J connectivity index is 1.79. The fraction of sp³-hybridized carbons (Fsp3) is 0.333. The highest BCUT2D eigenvalue weighted by Gasteiger charge is 2.26. The number of hydrogen-bond donors (Lipinski definition) is 1. The van der Waals surface area contributed by atoms with Gasteiger partial charge in [0.15, 0.2) is 0 Å². The van der Waals surface area contributed by atoms with Crippen molar-refractivity contribution in [2.24, 2.45) is 5.73 Å². The fourth-order valence-corrected chi connectivity index (χ4v) is 3.03. The molecule has 1 unspecified atom stereocenters. The molecule has 0 spiro atoms. The Morgan fingerprint density at radius 3 is 2.45 bits per heavy atom. The van der Waals surface area contributed by atoms with E-state index in [0.29, 0.717) is 6.54 Å². The molecule has 2 N–H and O–H groups in total. The van der Waals surface area contributed by atoms with Gasteiger partial charge in [0.25, 0.3) is 5.91 Å². The van der Waals surface area contributed by atoms with Crippen LogP contribution < -0.4 is 5.73 Å². The highest BCUT2D eigenvalue weighted by atomic mass is 16.2. The van der Waals surface area contributed by atoms with Crippen LogP contribution in [0.5, 0.6) is 0 Å². The number of pyridine rings is 1. The lowest BCUT2D eigenvalue weighted by Gasteiger charge is -2.35. The van der Waals surface area contributed by atoms with Crippen molar-refractivity contribution in [2.75, 3.05) is 13.1 Å². The first kappa shape index (κ1) is 14.7. The second-order valence-corrected chi connectivity index (χ2v) is 5.70. The maximum atomic E-state index is 12.7. The predicted molar refractivity (Wildman–Crippen MR) is 87.4 cm³/mol. The molecule has 1 aromatic heterocycles. The van der Waals surface area contributed by atoms with Crippen molar-refractivity contribution in [3.8, 4) is 11.1 Å². The average molecular weight is 295 g/mol. The van der Waals surface area contributed by atoms with Gasteiger partial charge in [0.2, 0.25) is 0 Å². The Hall–Kier alpha value is -2.20. The topological polar surface area (TPSA) is 59.2 Å². The van der Waals surface area contributed by atoms with Gasteiger partial charge in [0.1, 0.15) is 0 Å². The maximum Gasteiger partial charge on any atom is 0.254 e. The van der Waals surface area contributed by atoms with E-state index in [1.54, 1.807) is 12.4 Å². The zero-order chi connectivity index (χ0) is 15.4. The minimum Gasteiger partial charge on any atom is -0.334 e. The molecule has 4 nitrogen and oxygen atoms in total. The van der Waals surface area contributed by atoms with Gasteiger partial charge in [-0.2, -0.15) is 0 Å². The van der Waals surface area contributed by atoms with Crippen molar-refractivity contribution in [1.29, 1.82) is 0 Å². The van der Waals surface area contributed by atoms with Crippen LogP contribution in [0.3, 0.4) is 0 Å². The number of benzene rings is 1. The molecule has 114 valence electrons. The van der Waals surface area contributed by atoms with Gasteiger partial charge in [-0.15, -0.1) is 0 Å². The van der Waals surface area contributed by atoms with Crippen LogP contribution in [0.25, 0.3) is 11.1 Å². The Labute approximate surface area is 131 Å². The van der Waals surface area contributed by atoms with E-state index in [9.17, 15) is 4.79 Å². The molecule has 0 saturated carbocycles. The quantitative estimate of drug-likeness (QED) is 0.947. The highest BCUT2D eigenvalue weighted by molar-refractivity contribution is 5.95. The number of aromatic nitrogens is 1. The zero-order valence-corrected chi connectivity index (χ0v) is 12.6. The summed E-state index contributed by atoms with van der Waals surface area (Å²) >= 11 is 0. The lowest BCUT2D eigenvalue weighted by Crippen LogP contribution is -2.47. The molecule has 2 aromatic rings. The summed E-state index contributed by atoms with van der Waals surface area (Å²) in [6, 6.07) is 11.9. The molecular formula is C18H21N3O. The van der Waals surface area contributed by atoms with Crippen LogP contribution >= 0.6 is 0 Å². The summed E-state index contributed by atoms with van der Waals surface area (Å²) < 4.78 is 0. The van der Waals surface area contributed by atoms with Crippen molar-refractivity contribution in [3.05, 3.63) is 54.4 Å². The van der Waals surface area contributed by atoms with Gasteiger partial charge in [0, 0.05) is 37.1 Å². The third-order valence-electron chi connectivity index (χ3n) is 4.31. The van der Waals surface area contributed by atoms with E-state index in [-0.39, 0.29) is 11.9 Å². The minimum atomic E-state index is 0.0939. The van der Waals surface area contributed by atoms with Gasteiger partial charge in [-0.25, -0.2) is 0 Å². The number of carbonyl (C=O) groups is 1. The monoisotopic (exact) mass is 295 g/mol. The fourth-order valence-electron chi connectivity index (χ4n) is 3.03. The molecule has 1 fully saturated rings. The summed E-state index contributed by atoms with van der Waals surface area (Å²) in [4.78, 5) is 18.6. The van der Waals surface area contributed by atoms with Crippen LogP contribution in [0.4, 0.5) is 0 Å². The summed E-state index contributed by atoms with van der Waals surface area (Å²) in [7, 11) is 0. The summed E-state index contributed by atoms with van der Waals surface area (Å²) in [6.45, 7) is 1.35. The standard InChI is InChI=1S/C18H21N3O/c19-13-17-3-1-2-12-21(17)18(22)16-6-4-14(5-7-16)15-8-10-20-11-9-15/h4-11,17H,1-3,12-13,19H2. The second-order valence-electron chi connectivity index (χ2n) is 5.70. The number of piperidine rings is 1. The molecule has 0 bridgehead atoms. The van der Waals surface area contributed by atoms with Crippen LogP contribution in [0.1, 0.15) is 29.6 Å². The number of nitrogens with zero attached hydrogens (tertiary/aromatic N) is 2. The van der Waals surface area contributed by atoms with E-state index < -0.39 is 0 Å². The number of hydrogen-bond acceptors (Lipinski definition) is 3. The number of carbonyl (C=O) groups excluding carboxylic acids is 1. The molecule has 2 heterocycles. The first-order chi connectivity index (χ1) is 10.8. The molecule has 3 rings (SSSR count). The maximum absolute atomic E-state index is 12.7. The molecule has 1 saturated heterocycles. The van der Waals surface area contributed by atoms with Gasteiger partial charge < -0.3 is 10.6 Å². The van der Waals surface area contributed by atoms with Crippen LogP contribution in [0.2, 0.25) is 0 Å². The third kappa shape index (κ3) is 3.02. The largest absolute Gasteiger partial charge is 0.334 e. The van der Waals surface area contributed by atoms with Crippen LogP contribution in [-0.2, 0) is 0 Å². The zero-order valence-electron chi connectivity index (χ0n) is 12.6. The van der Waals surface area contributed by atoms with Crippen molar-refractivity contribution in [3.63, 3.8) is 0 Å². The Bertz CT molecular complexity index is 625. The van der Waals surface area contributed by atoms with Crippen LogP contribution in [0.15, 0.2) is 48.8 Å². The van der Waals surface area contributed by atoms with Gasteiger partial charge in [-0.3, -0.25) is 9.78 Å².